The summed E-state index contributed by atoms with van der Waals surface area (Å²) in [7, 11) is 1.42. The lowest BCUT2D eigenvalue weighted by atomic mass is 10.0. The van der Waals surface area contributed by atoms with Crippen molar-refractivity contribution in [2.75, 3.05) is 7.11 Å². The van der Waals surface area contributed by atoms with Gasteiger partial charge in [-0.25, -0.2) is 4.98 Å². The highest BCUT2D eigenvalue weighted by Crippen LogP contribution is 2.28. The molecular weight excluding hydrogens is 287 g/mol. The molecule has 1 aromatic carbocycles. The number of hydrogen-bond acceptors (Lipinski definition) is 4. The lowest BCUT2D eigenvalue weighted by Crippen LogP contribution is -2.16. The van der Waals surface area contributed by atoms with E-state index in [4.69, 9.17) is 4.74 Å². The molecule has 110 valence electrons. The number of hydrogen-bond donors (Lipinski definition) is 0. The lowest BCUT2D eigenvalue weighted by molar-refractivity contribution is -0.274. The molecule has 0 aliphatic carbocycles. The Labute approximate surface area is 118 Å². The molecule has 1 aromatic heterocycles. The van der Waals surface area contributed by atoms with E-state index in [0.29, 0.717) is 17.4 Å². The van der Waals surface area contributed by atoms with E-state index in [2.05, 4.69) is 9.72 Å². The molecule has 1 heterocycles. The summed E-state index contributed by atoms with van der Waals surface area (Å²) in [5, 5.41) is 0. The maximum Gasteiger partial charge on any atom is 0.573 e. The zero-order valence-corrected chi connectivity index (χ0v) is 10.8. The van der Waals surface area contributed by atoms with Crippen molar-refractivity contribution in [3.8, 4) is 22.8 Å². The van der Waals surface area contributed by atoms with E-state index in [1.165, 1.54) is 31.4 Å². The molecule has 0 aliphatic rings. The normalized spacial score (nSPS) is 11.0. The van der Waals surface area contributed by atoms with Gasteiger partial charge in [0.05, 0.1) is 7.11 Å². The van der Waals surface area contributed by atoms with Crippen molar-refractivity contribution >= 4 is 6.29 Å². The molecule has 0 unspecified atom stereocenters. The van der Waals surface area contributed by atoms with E-state index in [1.54, 1.807) is 12.1 Å². The first kappa shape index (κ1) is 14.8. The van der Waals surface area contributed by atoms with Gasteiger partial charge >= 0.3 is 6.36 Å². The zero-order chi connectivity index (χ0) is 15.5. The highest BCUT2D eigenvalue weighted by atomic mass is 19.4. The second-order valence-electron chi connectivity index (χ2n) is 3.98. The second-order valence-corrected chi connectivity index (χ2v) is 3.98. The third kappa shape index (κ3) is 3.71. The predicted octanol–water partition coefficient (Wildman–Crippen LogP) is 3.47. The monoisotopic (exact) mass is 297 g/mol. The van der Waals surface area contributed by atoms with Gasteiger partial charge in [-0.2, -0.15) is 0 Å². The summed E-state index contributed by atoms with van der Waals surface area (Å²) in [6.45, 7) is 0. The Morgan fingerprint density at radius 1 is 1.10 bits per heavy atom. The van der Waals surface area contributed by atoms with Gasteiger partial charge in [0.1, 0.15) is 11.4 Å². The molecule has 0 saturated carbocycles. The van der Waals surface area contributed by atoms with Crippen molar-refractivity contribution in [1.82, 2.24) is 4.98 Å². The fourth-order valence-electron chi connectivity index (χ4n) is 1.74. The number of methoxy groups -OCH3 is 1. The lowest BCUT2D eigenvalue weighted by Gasteiger charge is -2.10. The van der Waals surface area contributed by atoms with Crippen LogP contribution in [0.2, 0.25) is 0 Å². The molecule has 2 aromatic rings. The van der Waals surface area contributed by atoms with Crippen molar-refractivity contribution in [2.24, 2.45) is 0 Å². The van der Waals surface area contributed by atoms with Gasteiger partial charge in [0, 0.05) is 11.6 Å². The van der Waals surface area contributed by atoms with Gasteiger partial charge in [0.25, 0.3) is 0 Å². The number of ether oxygens (including phenoxy) is 2. The quantitative estimate of drug-likeness (QED) is 0.811. The van der Waals surface area contributed by atoms with E-state index < -0.39 is 6.36 Å². The van der Waals surface area contributed by atoms with Crippen LogP contribution in [0.1, 0.15) is 10.5 Å². The van der Waals surface area contributed by atoms with Crippen molar-refractivity contribution in [3.05, 3.63) is 42.1 Å². The fourth-order valence-corrected chi connectivity index (χ4v) is 1.74. The number of carbonyl (C=O) groups is 1. The topological polar surface area (TPSA) is 48.4 Å². The summed E-state index contributed by atoms with van der Waals surface area (Å²) in [5.74, 6) is -0.0572. The largest absolute Gasteiger partial charge is 0.573 e. The minimum atomic E-state index is -4.74. The molecule has 0 bridgehead atoms. The standard InChI is InChI=1S/C14H10F3NO3/c1-20-13-7-6-11(12(8-19)18-13)9-2-4-10(5-3-9)21-14(15,16)17/h2-8H,1H3. The summed E-state index contributed by atoms with van der Waals surface area (Å²) >= 11 is 0. The number of nitrogens with zero attached hydrogens (tertiary/aromatic N) is 1. The van der Waals surface area contributed by atoms with Crippen LogP contribution in [-0.2, 0) is 0 Å². The van der Waals surface area contributed by atoms with Crippen LogP contribution in [0.15, 0.2) is 36.4 Å². The number of benzene rings is 1. The number of aldehydes is 1. The summed E-state index contributed by atoms with van der Waals surface area (Å²) in [6.07, 6.45) is -4.19. The van der Waals surface area contributed by atoms with Crippen molar-refractivity contribution in [1.29, 1.82) is 0 Å². The molecular formula is C14H10F3NO3. The molecule has 0 fully saturated rings. The molecule has 0 atom stereocenters. The third-order valence-corrected chi connectivity index (χ3v) is 2.62. The molecule has 4 nitrogen and oxygen atoms in total. The fraction of sp³-hybridized carbons (Fsp3) is 0.143. The minimum absolute atomic E-state index is 0.138. The van der Waals surface area contributed by atoms with E-state index in [9.17, 15) is 18.0 Å². The second kappa shape index (κ2) is 5.82. The van der Waals surface area contributed by atoms with Gasteiger partial charge in [-0.15, -0.1) is 13.2 Å². The van der Waals surface area contributed by atoms with Crippen LogP contribution in [0.4, 0.5) is 13.2 Å². The number of pyridine rings is 1. The Hall–Kier alpha value is -2.57. The van der Waals surface area contributed by atoms with Crippen molar-refractivity contribution < 1.29 is 27.4 Å². The van der Waals surface area contributed by atoms with Crippen LogP contribution in [0.5, 0.6) is 11.6 Å². The van der Waals surface area contributed by atoms with Gasteiger partial charge in [0.2, 0.25) is 5.88 Å². The number of halogens is 3. The summed E-state index contributed by atoms with van der Waals surface area (Å²) < 4.78 is 44.9. The average Bonchev–Trinajstić information content (AvgIpc) is 2.46. The Kier molecular flexibility index (Phi) is 4.11. The average molecular weight is 297 g/mol. The molecule has 2 rings (SSSR count). The zero-order valence-electron chi connectivity index (χ0n) is 10.8. The molecule has 21 heavy (non-hydrogen) atoms. The first-order chi connectivity index (χ1) is 9.93. The maximum absolute atomic E-state index is 12.1. The number of rotatable bonds is 4. The molecule has 0 aliphatic heterocycles. The number of aromatic nitrogens is 1. The SMILES string of the molecule is COc1ccc(-c2ccc(OC(F)(F)F)cc2)c(C=O)n1. The van der Waals surface area contributed by atoms with E-state index >= 15 is 0 Å². The van der Waals surface area contributed by atoms with E-state index in [1.807, 2.05) is 0 Å². The van der Waals surface area contributed by atoms with Crippen LogP contribution in [0.25, 0.3) is 11.1 Å². The molecule has 0 amide bonds. The van der Waals surface area contributed by atoms with Crippen LogP contribution in [-0.4, -0.2) is 24.7 Å². The van der Waals surface area contributed by atoms with Crippen LogP contribution in [0.3, 0.4) is 0 Å². The van der Waals surface area contributed by atoms with E-state index in [0.717, 1.165) is 0 Å². The Bertz CT molecular complexity index is 639. The molecule has 0 saturated heterocycles. The summed E-state index contributed by atoms with van der Waals surface area (Å²) in [4.78, 5) is 15.0. The molecule has 0 radical (unpaired) electrons. The Morgan fingerprint density at radius 3 is 2.29 bits per heavy atom. The third-order valence-electron chi connectivity index (χ3n) is 2.62. The van der Waals surface area contributed by atoms with Gasteiger partial charge in [-0.05, 0) is 23.8 Å². The molecule has 0 spiro atoms. The van der Waals surface area contributed by atoms with Crippen molar-refractivity contribution in [3.63, 3.8) is 0 Å². The number of alkyl halides is 3. The highest BCUT2D eigenvalue weighted by molar-refractivity contribution is 5.85. The van der Waals surface area contributed by atoms with Crippen LogP contribution < -0.4 is 9.47 Å². The van der Waals surface area contributed by atoms with Crippen LogP contribution >= 0.6 is 0 Å². The van der Waals surface area contributed by atoms with Gasteiger partial charge in [-0.1, -0.05) is 12.1 Å². The minimum Gasteiger partial charge on any atom is -0.481 e. The maximum atomic E-state index is 12.1. The highest BCUT2D eigenvalue weighted by Gasteiger charge is 2.30. The summed E-state index contributed by atoms with van der Waals surface area (Å²) in [6, 6.07) is 8.33. The van der Waals surface area contributed by atoms with Crippen LogP contribution in [0, 0.1) is 0 Å². The first-order valence-electron chi connectivity index (χ1n) is 5.79. The Morgan fingerprint density at radius 2 is 1.76 bits per heavy atom. The van der Waals surface area contributed by atoms with Gasteiger partial charge in [-0.3, -0.25) is 4.79 Å². The van der Waals surface area contributed by atoms with Gasteiger partial charge in [0.15, 0.2) is 6.29 Å². The first-order valence-corrected chi connectivity index (χ1v) is 5.79. The Balaban J connectivity index is 2.32. The number of carbonyl (C=O) groups excluding carboxylic acids is 1. The smallest absolute Gasteiger partial charge is 0.481 e. The van der Waals surface area contributed by atoms with E-state index in [-0.39, 0.29) is 17.3 Å². The molecule has 0 N–H and O–H groups in total. The van der Waals surface area contributed by atoms with Gasteiger partial charge < -0.3 is 9.47 Å². The summed E-state index contributed by atoms with van der Waals surface area (Å²) in [5.41, 5.74) is 1.17. The molecule has 7 heteroatoms. The predicted molar refractivity (Wildman–Crippen MR) is 68.3 cm³/mol. The van der Waals surface area contributed by atoms with Crippen molar-refractivity contribution in [2.45, 2.75) is 6.36 Å².